The summed E-state index contributed by atoms with van der Waals surface area (Å²) in [7, 11) is 0. The van der Waals surface area contributed by atoms with Gasteiger partial charge in [0.05, 0.1) is 0 Å². The van der Waals surface area contributed by atoms with Crippen molar-refractivity contribution in [3.05, 3.63) is 58.6 Å². The fourth-order valence-electron chi connectivity index (χ4n) is 2.26. The minimum absolute atomic E-state index is 0.0794. The maximum Gasteiger partial charge on any atom is 0.137 e. The summed E-state index contributed by atoms with van der Waals surface area (Å²) in [5, 5.41) is 0.691. The molecule has 0 N–H and O–H groups in total. The van der Waals surface area contributed by atoms with E-state index in [0.717, 1.165) is 23.5 Å². The molecule has 0 amide bonds. The summed E-state index contributed by atoms with van der Waals surface area (Å²) < 4.78 is 11.7. The molecule has 0 bridgehead atoms. The number of hydrogen-bond donors (Lipinski definition) is 0. The zero-order valence-electron chi connectivity index (χ0n) is 10.7. The Hall–Kier alpha value is -1.67. The van der Waals surface area contributed by atoms with E-state index in [-0.39, 0.29) is 6.10 Å². The first-order valence-corrected chi connectivity index (χ1v) is 6.74. The van der Waals surface area contributed by atoms with Crippen LogP contribution in [0.15, 0.2) is 42.5 Å². The molecule has 2 nitrogen and oxygen atoms in total. The first-order chi connectivity index (χ1) is 9.22. The van der Waals surface area contributed by atoms with Gasteiger partial charge in [0.1, 0.15) is 24.2 Å². The second-order valence-corrected chi connectivity index (χ2v) is 5.21. The van der Waals surface area contributed by atoms with Gasteiger partial charge in [0.25, 0.3) is 0 Å². The van der Waals surface area contributed by atoms with Gasteiger partial charge in [-0.15, -0.1) is 0 Å². The van der Waals surface area contributed by atoms with Gasteiger partial charge in [-0.3, -0.25) is 0 Å². The molecule has 1 aliphatic rings. The van der Waals surface area contributed by atoms with Crippen molar-refractivity contribution in [2.24, 2.45) is 0 Å². The lowest BCUT2D eigenvalue weighted by atomic mass is 10.1. The van der Waals surface area contributed by atoms with Crippen molar-refractivity contribution < 1.29 is 9.47 Å². The Bertz CT molecular complexity index is 570. The maximum atomic E-state index is 5.97. The number of para-hydroxylation sites is 1. The zero-order valence-corrected chi connectivity index (χ0v) is 11.5. The Morgan fingerprint density at radius 3 is 2.95 bits per heavy atom. The van der Waals surface area contributed by atoms with E-state index in [4.69, 9.17) is 21.1 Å². The molecule has 0 aliphatic carbocycles. The van der Waals surface area contributed by atoms with Crippen molar-refractivity contribution in [3.8, 4) is 11.5 Å². The first-order valence-electron chi connectivity index (χ1n) is 6.36. The molecule has 98 valence electrons. The molecule has 1 atom stereocenters. The maximum absolute atomic E-state index is 5.97. The van der Waals surface area contributed by atoms with Crippen molar-refractivity contribution >= 4 is 11.6 Å². The summed E-state index contributed by atoms with van der Waals surface area (Å²) in [5.74, 6) is 1.80. The van der Waals surface area contributed by atoms with Crippen molar-refractivity contribution in [1.29, 1.82) is 0 Å². The van der Waals surface area contributed by atoms with Gasteiger partial charge in [-0.05, 0) is 36.2 Å². The molecule has 0 saturated carbocycles. The molecule has 3 rings (SSSR count). The first kappa shape index (κ1) is 12.4. The molecule has 1 unspecified atom stereocenters. The highest BCUT2D eigenvalue weighted by atomic mass is 35.5. The number of aryl methyl sites for hydroxylation is 1. The fourth-order valence-corrected chi connectivity index (χ4v) is 2.42. The number of fused-ring (bicyclic) bond motifs is 1. The molecule has 2 aromatic rings. The number of rotatable bonds is 3. The molecule has 3 heteroatoms. The Morgan fingerprint density at radius 1 is 1.26 bits per heavy atom. The third-order valence-electron chi connectivity index (χ3n) is 3.29. The normalized spacial score (nSPS) is 16.8. The molecular weight excluding hydrogens is 260 g/mol. The van der Waals surface area contributed by atoms with Crippen molar-refractivity contribution in [2.45, 2.75) is 19.4 Å². The lowest BCUT2D eigenvalue weighted by Crippen LogP contribution is -2.22. The lowest BCUT2D eigenvalue weighted by molar-refractivity contribution is 0.148. The van der Waals surface area contributed by atoms with Crippen LogP contribution in [0.25, 0.3) is 0 Å². The third-order valence-corrected chi connectivity index (χ3v) is 3.52. The largest absolute Gasteiger partial charge is 0.489 e. The van der Waals surface area contributed by atoms with Crippen LogP contribution in [0.5, 0.6) is 11.5 Å². The minimum atomic E-state index is 0.0794. The summed E-state index contributed by atoms with van der Waals surface area (Å²) in [5.41, 5.74) is 2.33. The van der Waals surface area contributed by atoms with E-state index in [0.29, 0.717) is 11.6 Å². The van der Waals surface area contributed by atoms with E-state index in [2.05, 4.69) is 6.07 Å². The van der Waals surface area contributed by atoms with Gasteiger partial charge in [-0.2, -0.15) is 0 Å². The highest BCUT2D eigenvalue weighted by molar-refractivity contribution is 6.30. The van der Waals surface area contributed by atoms with Crippen LogP contribution in [-0.2, 0) is 6.42 Å². The molecule has 0 aromatic heterocycles. The summed E-state index contributed by atoms with van der Waals surface area (Å²) in [6.07, 6.45) is 0.978. The van der Waals surface area contributed by atoms with E-state index < -0.39 is 0 Å². The van der Waals surface area contributed by atoms with Crippen LogP contribution in [0, 0.1) is 6.92 Å². The van der Waals surface area contributed by atoms with Crippen LogP contribution in [0.3, 0.4) is 0 Å². The van der Waals surface area contributed by atoms with E-state index >= 15 is 0 Å². The van der Waals surface area contributed by atoms with Crippen LogP contribution < -0.4 is 9.47 Å². The van der Waals surface area contributed by atoms with E-state index in [9.17, 15) is 0 Å². The predicted octanol–water partition coefficient (Wildman–Crippen LogP) is 4.03. The second-order valence-electron chi connectivity index (χ2n) is 4.77. The number of benzene rings is 2. The second kappa shape index (κ2) is 5.14. The molecule has 0 fully saturated rings. The van der Waals surface area contributed by atoms with Gasteiger partial charge in [0.15, 0.2) is 0 Å². The molecule has 2 aromatic carbocycles. The molecule has 1 aliphatic heterocycles. The summed E-state index contributed by atoms with van der Waals surface area (Å²) in [4.78, 5) is 0. The zero-order chi connectivity index (χ0) is 13.2. The van der Waals surface area contributed by atoms with Crippen LogP contribution in [-0.4, -0.2) is 12.7 Å². The van der Waals surface area contributed by atoms with Gasteiger partial charge >= 0.3 is 0 Å². The third kappa shape index (κ3) is 2.69. The van der Waals surface area contributed by atoms with E-state index in [1.165, 1.54) is 5.56 Å². The minimum Gasteiger partial charge on any atom is -0.489 e. The Morgan fingerprint density at radius 2 is 2.11 bits per heavy atom. The average Bonchev–Trinajstić information content (AvgIpc) is 2.82. The highest BCUT2D eigenvalue weighted by Gasteiger charge is 2.22. The van der Waals surface area contributed by atoms with Gasteiger partial charge in [-0.1, -0.05) is 35.9 Å². The van der Waals surface area contributed by atoms with Crippen LogP contribution >= 0.6 is 11.6 Å². The molecule has 0 spiro atoms. The molecular formula is C16H15ClO2. The highest BCUT2D eigenvalue weighted by Crippen LogP contribution is 2.29. The van der Waals surface area contributed by atoms with Crippen LogP contribution in [0.1, 0.15) is 11.1 Å². The Balaban J connectivity index is 1.64. The van der Waals surface area contributed by atoms with E-state index in [1.807, 2.05) is 43.3 Å². The molecule has 0 saturated heterocycles. The smallest absolute Gasteiger partial charge is 0.137 e. The fraction of sp³-hybridized carbons (Fsp3) is 0.250. The van der Waals surface area contributed by atoms with Crippen molar-refractivity contribution in [1.82, 2.24) is 0 Å². The van der Waals surface area contributed by atoms with Crippen LogP contribution in [0.4, 0.5) is 0 Å². The molecule has 1 heterocycles. The van der Waals surface area contributed by atoms with E-state index in [1.54, 1.807) is 0 Å². The Kier molecular flexibility index (Phi) is 3.34. The number of ether oxygens (including phenoxy) is 2. The quantitative estimate of drug-likeness (QED) is 0.841. The SMILES string of the molecule is Cc1ccc(Cl)cc1OCC1Cc2ccccc2O1. The monoisotopic (exact) mass is 274 g/mol. The summed E-state index contributed by atoms with van der Waals surface area (Å²) in [6, 6.07) is 13.8. The van der Waals surface area contributed by atoms with Crippen molar-refractivity contribution in [2.75, 3.05) is 6.61 Å². The van der Waals surface area contributed by atoms with Crippen LogP contribution in [0.2, 0.25) is 5.02 Å². The van der Waals surface area contributed by atoms with Crippen molar-refractivity contribution in [3.63, 3.8) is 0 Å². The topological polar surface area (TPSA) is 18.5 Å². The van der Waals surface area contributed by atoms with Gasteiger partial charge in [-0.25, -0.2) is 0 Å². The predicted molar refractivity (Wildman–Crippen MR) is 76.2 cm³/mol. The summed E-state index contributed by atoms with van der Waals surface area (Å²) >= 11 is 5.97. The lowest BCUT2D eigenvalue weighted by Gasteiger charge is -2.14. The average molecular weight is 275 g/mol. The summed E-state index contributed by atoms with van der Waals surface area (Å²) in [6.45, 7) is 2.55. The number of halogens is 1. The van der Waals surface area contributed by atoms with Gasteiger partial charge in [0.2, 0.25) is 0 Å². The Labute approximate surface area is 117 Å². The standard InChI is InChI=1S/C16H15ClO2/c1-11-6-7-13(17)9-16(11)18-10-14-8-12-4-2-3-5-15(12)19-14/h2-7,9,14H,8,10H2,1H3. The van der Waals surface area contributed by atoms with Gasteiger partial charge < -0.3 is 9.47 Å². The number of hydrogen-bond acceptors (Lipinski definition) is 2. The molecule has 19 heavy (non-hydrogen) atoms. The van der Waals surface area contributed by atoms with Gasteiger partial charge in [0, 0.05) is 11.4 Å². The molecule has 0 radical (unpaired) electrons.